The maximum absolute atomic E-state index is 12.1. The average Bonchev–Trinajstić information content (AvgIpc) is 2.81. The number of carbonyl (C=O) groups excluding carboxylic acids is 1. The van der Waals surface area contributed by atoms with Crippen LogP contribution in [0.5, 0.6) is 0 Å². The van der Waals surface area contributed by atoms with Gasteiger partial charge in [0.1, 0.15) is 0 Å². The first-order chi connectivity index (χ1) is 15.6. The lowest BCUT2D eigenvalue weighted by molar-refractivity contribution is -0.138. The van der Waals surface area contributed by atoms with Crippen LogP contribution in [0, 0.1) is 0 Å². The van der Waals surface area contributed by atoms with Gasteiger partial charge in [0.25, 0.3) is 0 Å². The molecule has 32 heavy (non-hydrogen) atoms. The van der Waals surface area contributed by atoms with Crippen molar-refractivity contribution >= 4 is 11.5 Å². The van der Waals surface area contributed by atoms with E-state index in [9.17, 15) is 4.79 Å². The average molecular weight is 441 g/mol. The van der Waals surface area contributed by atoms with Crippen LogP contribution in [0.4, 0.5) is 0 Å². The van der Waals surface area contributed by atoms with Crippen LogP contribution in [-0.2, 0) is 9.53 Å². The predicted octanol–water partition coefficient (Wildman–Crippen LogP) is 9.45. The first-order valence-electron chi connectivity index (χ1n) is 13.2. The summed E-state index contributed by atoms with van der Waals surface area (Å²) in [7, 11) is 0. The van der Waals surface area contributed by atoms with E-state index < -0.39 is 0 Å². The number of esters is 1. The van der Waals surface area contributed by atoms with E-state index in [-0.39, 0.29) is 5.97 Å². The molecule has 0 aliphatic heterocycles. The smallest absolute Gasteiger partial charge is 0.337 e. The van der Waals surface area contributed by atoms with Gasteiger partial charge in [0.15, 0.2) is 0 Å². The van der Waals surface area contributed by atoms with Crippen molar-refractivity contribution in [2.45, 2.75) is 117 Å². The van der Waals surface area contributed by atoms with E-state index >= 15 is 0 Å². The van der Waals surface area contributed by atoms with Crippen molar-refractivity contribution in [3.63, 3.8) is 0 Å². The van der Waals surface area contributed by atoms with Crippen molar-refractivity contribution in [1.29, 1.82) is 0 Å². The Kier molecular flexibility index (Phi) is 17.5. The number of ether oxygens (including phenoxy) is 1. The second kappa shape index (κ2) is 19.8. The van der Waals surface area contributed by atoms with E-state index in [1.54, 1.807) is 0 Å². The molecule has 0 atom stereocenters. The van der Waals surface area contributed by atoms with E-state index in [4.69, 9.17) is 4.74 Å². The van der Waals surface area contributed by atoms with Crippen molar-refractivity contribution in [1.82, 2.24) is 0 Å². The Hall–Kier alpha value is -1.83. The first-order valence-corrected chi connectivity index (χ1v) is 13.2. The van der Waals surface area contributed by atoms with Gasteiger partial charge in [0.05, 0.1) is 12.2 Å². The van der Waals surface area contributed by atoms with Gasteiger partial charge in [-0.3, -0.25) is 0 Å². The van der Waals surface area contributed by atoms with Crippen LogP contribution < -0.4 is 0 Å². The minimum absolute atomic E-state index is 0.304. The number of hydrogen-bond donors (Lipinski definition) is 0. The molecule has 0 bridgehead atoms. The maximum atomic E-state index is 12.1. The molecule has 1 aromatic carbocycles. The Bertz CT molecular complexity index is 629. The van der Waals surface area contributed by atoms with E-state index in [0.29, 0.717) is 12.2 Å². The molecule has 1 aromatic rings. The molecule has 2 nitrogen and oxygen atoms in total. The van der Waals surface area contributed by atoms with Gasteiger partial charge in [-0.15, -0.1) is 0 Å². The second-order valence-electron chi connectivity index (χ2n) is 9.16. The number of allylic oxidation sites excluding steroid dienone is 1. The molecule has 0 radical (unpaired) electrons. The van der Waals surface area contributed by atoms with Gasteiger partial charge in [-0.05, 0) is 30.6 Å². The minimum atomic E-state index is -0.304. The SMILES string of the molecule is C=C(C=C(C)c1ccccc1)C(=O)OCCCCCCCCCCCCCCCCCC. The van der Waals surface area contributed by atoms with Crippen LogP contribution in [0.3, 0.4) is 0 Å². The molecule has 2 heteroatoms. The highest BCUT2D eigenvalue weighted by Crippen LogP contribution is 2.16. The van der Waals surface area contributed by atoms with Gasteiger partial charge in [0.2, 0.25) is 0 Å². The fourth-order valence-electron chi connectivity index (χ4n) is 4.01. The molecule has 0 N–H and O–H groups in total. The molecule has 0 aliphatic carbocycles. The number of carbonyl (C=O) groups is 1. The van der Waals surface area contributed by atoms with Crippen LogP contribution in [0.15, 0.2) is 48.6 Å². The van der Waals surface area contributed by atoms with Crippen molar-refractivity contribution in [2.24, 2.45) is 0 Å². The minimum Gasteiger partial charge on any atom is -0.462 e. The summed E-state index contributed by atoms with van der Waals surface area (Å²) in [5, 5.41) is 0. The van der Waals surface area contributed by atoms with E-state index in [1.807, 2.05) is 43.3 Å². The predicted molar refractivity (Wildman–Crippen MR) is 140 cm³/mol. The zero-order chi connectivity index (χ0) is 23.3. The van der Waals surface area contributed by atoms with E-state index in [2.05, 4.69) is 13.5 Å². The Morgan fingerprint density at radius 1 is 0.750 bits per heavy atom. The Balaban J connectivity index is 1.90. The first kappa shape index (κ1) is 28.2. The summed E-state index contributed by atoms with van der Waals surface area (Å²) in [5.41, 5.74) is 2.54. The van der Waals surface area contributed by atoms with Crippen LogP contribution in [0.1, 0.15) is 122 Å². The molecule has 0 spiro atoms. The van der Waals surface area contributed by atoms with Crippen molar-refractivity contribution in [2.75, 3.05) is 6.61 Å². The van der Waals surface area contributed by atoms with Gasteiger partial charge >= 0.3 is 5.97 Å². The zero-order valence-corrected chi connectivity index (χ0v) is 21.0. The highest BCUT2D eigenvalue weighted by atomic mass is 16.5. The Morgan fingerprint density at radius 2 is 1.19 bits per heavy atom. The molecule has 0 aliphatic rings. The van der Waals surface area contributed by atoms with Gasteiger partial charge in [-0.2, -0.15) is 0 Å². The number of unbranched alkanes of at least 4 members (excludes halogenated alkanes) is 15. The molecule has 1 rings (SSSR count). The monoisotopic (exact) mass is 440 g/mol. The molecule has 0 heterocycles. The topological polar surface area (TPSA) is 26.3 Å². The van der Waals surface area contributed by atoms with Gasteiger partial charge < -0.3 is 4.74 Å². The lowest BCUT2D eigenvalue weighted by Gasteiger charge is -2.06. The largest absolute Gasteiger partial charge is 0.462 e. The normalized spacial score (nSPS) is 11.5. The van der Waals surface area contributed by atoms with Gasteiger partial charge in [0, 0.05) is 0 Å². The molecular formula is C30H48O2. The third-order valence-electron chi connectivity index (χ3n) is 6.11. The van der Waals surface area contributed by atoms with E-state index in [1.165, 1.54) is 89.9 Å². The standard InChI is InChI=1S/C30H48O2/c1-4-5-6-7-8-9-10-11-12-13-14-15-16-17-18-22-25-32-30(31)28(3)26-27(2)29-23-20-19-21-24-29/h19-21,23-24,26H,3-18,22,25H2,1-2H3. The zero-order valence-electron chi connectivity index (χ0n) is 21.0. The fraction of sp³-hybridized carbons (Fsp3) is 0.633. The highest BCUT2D eigenvalue weighted by molar-refractivity contribution is 5.93. The molecule has 0 fully saturated rings. The van der Waals surface area contributed by atoms with Crippen LogP contribution >= 0.6 is 0 Å². The van der Waals surface area contributed by atoms with Crippen molar-refractivity contribution in [3.8, 4) is 0 Å². The van der Waals surface area contributed by atoms with Crippen LogP contribution in [0.2, 0.25) is 0 Å². The summed E-state index contributed by atoms with van der Waals surface area (Å²) in [4.78, 5) is 12.1. The molecule has 0 saturated carbocycles. The number of hydrogen-bond acceptors (Lipinski definition) is 2. The fourth-order valence-corrected chi connectivity index (χ4v) is 4.01. The van der Waals surface area contributed by atoms with Crippen LogP contribution in [0.25, 0.3) is 5.57 Å². The Morgan fingerprint density at radius 3 is 1.66 bits per heavy atom. The molecule has 0 saturated heterocycles. The van der Waals surface area contributed by atoms with Gasteiger partial charge in [-0.1, -0.05) is 140 Å². The summed E-state index contributed by atoms with van der Waals surface area (Å²) in [5.74, 6) is -0.304. The number of benzene rings is 1. The third-order valence-corrected chi connectivity index (χ3v) is 6.11. The molecule has 0 aromatic heterocycles. The lowest BCUT2D eigenvalue weighted by atomic mass is 10.0. The van der Waals surface area contributed by atoms with Crippen LogP contribution in [-0.4, -0.2) is 12.6 Å². The second-order valence-corrected chi connectivity index (χ2v) is 9.16. The number of rotatable bonds is 20. The Labute approximate surface area is 198 Å². The van der Waals surface area contributed by atoms with Crippen molar-refractivity contribution in [3.05, 3.63) is 54.1 Å². The quantitative estimate of drug-likeness (QED) is 0.0873. The third kappa shape index (κ3) is 15.1. The molecule has 0 amide bonds. The lowest BCUT2D eigenvalue weighted by Crippen LogP contribution is -2.07. The maximum Gasteiger partial charge on any atom is 0.337 e. The van der Waals surface area contributed by atoms with E-state index in [0.717, 1.165) is 24.0 Å². The summed E-state index contributed by atoms with van der Waals surface area (Å²) in [6.07, 6.45) is 23.3. The van der Waals surface area contributed by atoms with Crippen molar-refractivity contribution < 1.29 is 9.53 Å². The highest BCUT2D eigenvalue weighted by Gasteiger charge is 2.07. The summed E-state index contributed by atoms with van der Waals surface area (Å²) in [6, 6.07) is 10.0. The molecule has 180 valence electrons. The van der Waals surface area contributed by atoms with Gasteiger partial charge in [-0.25, -0.2) is 4.79 Å². The summed E-state index contributed by atoms with van der Waals surface area (Å²) in [6.45, 7) is 8.63. The molecule has 0 unspecified atom stereocenters. The molecular weight excluding hydrogens is 392 g/mol. The summed E-state index contributed by atoms with van der Waals surface area (Å²) >= 11 is 0. The summed E-state index contributed by atoms with van der Waals surface area (Å²) < 4.78 is 5.38.